The van der Waals surface area contributed by atoms with Crippen LogP contribution in [0.15, 0.2) is 84.4 Å². The van der Waals surface area contributed by atoms with E-state index in [0.717, 1.165) is 0 Å². The molecule has 3 aromatic rings. The van der Waals surface area contributed by atoms with Crippen LogP contribution in [0.1, 0.15) is 34.5 Å². The van der Waals surface area contributed by atoms with Gasteiger partial charge in [0.25, 0.3) is 11.7 Å². The van der Waals surface area contributed by atoms with Gasteiger partial charge < -0.3 is 14.6 Å². The minimum Gasteiger partial charge on any atom is -0.507 e. The van der Waals surface area contributed by atoms with Crippen LogP contribution in [-0.4, -0.2) is 36.5 Å². The van der Waals surface area contributed by atoms with E-state index in [0.29, 0.717) is 28.1 Å². The summed E-state index contributed by atoms with van der Waals surface area (Å²) in [4.78, 5) is 39.7. The van der Waals surface area contributed by atoms with Gasteiger partial charge in [-0.2, -0.15) is 0 Å². The average Bonchev–Trinajstić information content (AvgIpc) is 3.14. The van der Waals surface area contributed by atoms with Gasteiger partial charge in [0, 0.05) is 11.3 Å². The van der Waals surface area contributed by atoms with Gasteiger partial charge in [-0.15, -0.1) is 0 Å². The van der Waals surface area contributed by atoms with Gasteiger partial charge in [-0.25, -0.2) is 4.79 Å². The molecule has 0 spiro atoms. The summed E-state index contributed by atoms with van der Waals surface area (Å²) >= 11 is 0. The van der Waals surface area contributed by atoms with Crippen molar-refractivity contribution >= 4 is 29.1 Å². The van der Waals surface area contributed by atoms with Gasteiger partial charge in [0.2, 0.25) is 0 Å². The van der Waals surface area contributed by atoms with Crippen molar-refractivity contribution in [3.63, 3.8) is 0 Å². The number of amides is 1. The molecule has 1 atom stereocenters. The zero-order valence-corrected chi connectivity index (χ0v) is 18.7. The molecule has 0 radical (unpaired) electrons. The van der Waals surface area contributed by atoms with Crippen molar-refractivity contribution in [2.45, 2.75) is 13.0 Å². The van der Waals surface area contributed by atoms with Crippen LogP contribution in [0.25, 0.3) is 5.76 Å². The molecule has 3 aromatic carbocycles. The molecule has 0 bridgehead atoms. The minimum atomic E-state index is -0.875. The Morgan fingerprint density at radius 3 is 2.15 bits per heavy atom. The molecule has 4 rings (SSSR count). The highest BCUT2D eigenvalue weighted by Crippen LogP contribution is 2.42. The van der Waals surface area contributed by atoms with Gasteiger partial charge in [0.05, 0.1) is 30.9 Å². The summed E-state index contributed by atoms with van der Waals surface area (Å²) < 4.78 is 10.2. The Labute approximate surface area is 196 Å². The van der Waals surface area contributed by atoms with Crippen molar-refractivity contribution in [3.05, 3.63) is 101 Å². The van der Waals surface area contributed by atoms with Crippen LogP contribution in [0.2, 0.25) is 0 Å². The van der Waals surface area contributed by atoms with Crippen molar-refractivity contribution in [2.24, 2.45) is 0 Å². The Hall–Kier alpha value is -4.39. The second kappa shape index (κ2) is 9.62. The number of aliphatic hydroxyl groups is 1. The number of hydrogen-bond donors (Lipinski definition) is 1. The molecule has 172 valence electrons. The lowest BCUT2D eigenvalue weighted by atomic mass is 9.95. The second-order valence-corrected chi connectivity index (χ2v) is 7.58. The molecule has 1 aliphatic rings. The van der Waals surface area contributed by atoms with Crippen LogP contribution in [0.3, 0.4) is 0 Å². The SMILES string of the molecule is CCOC(=O)c1ccc(N2C(=O)C(=O)/C(=C(/O)c3ccccc3)C2c2ccc(OC)cc2)cc1. The summed E-state index contributed by atoms with van der Waals surface area (Å²) in [6, 6.07) is 20.9. The maximum Gasteiger partial charge on any atom is 0.338 e. The zero-order valence-electron chi connectivity index (χ0n) is 18.7. The molecule has 1 fully saturated rings. The molecular weight excluding hydrogens is 434 g/mol. The zero-order chi connectivity index (χ0) is 24.2. The molecule has 0 aliphatic carbocycles. The van der Waals surface area contributed by atoms with E-state index in [4.69, 9.17) is 9.47 Å². The van der Waals surface area contributed by atoms with Gasteiger partial charge in [-0.3, -0.25) is 14.5 Å². The van der Waals surface area contributed by atoms with E-state index in [-0.39, 0.29) is 17.9 Å². The van der Waals surface area contributed by atoms with E-state index in [1.165, 1.54) is 17.0 Å². The Morgan fingerprint density at radius 2 is 1.56 bits per heavy atom. The van der Waals surface area contributed by atoms with Gasteiger partial charge in [0.15, 0.2) is 0 Å². The predicted molar refractivity (Wildman–Crippen MR) is 127 cm³/mol. The van der Waals surface area contributed by atoms with Crippen molar-refractivity contribution in [2.75, 3.05) is 18.6 Å². The van der Waals surface area contributed by atoms with Crippen molar-refractivity contribution in [1.29, 1.82) is 0 Å². The lowest BCUT2D eigenvalue weighted by molar-refractivity contribution is -0.132. The fourth-order valence-corrected chi connectivity index (χ4v) is 3.92. The van der Waals surface area contributed by atoms with Crippen molar-refractivity contribution in [3.8, 4) is 5.75 Å². The number of aliphatic hydroxyl groups excluding tert-OH is 1. The quantitative estimate of drug-likeness (QED) is 0.254. The van der Waals surface area contributed by atoms with Crippen LogP contribution in [0.4, 0.5) is 5.69 Å². The van der Waals surface area contributed by atoms with E-state index in [1.807, 2.05) is 0 Å². The van der Waals surface area contributed by atoms with E-state index in [2.05, 4.69) is 0 Å². The molecule has 1 saturated heterocycles. The summed E-state index contributed by atoms with van der Waals surface area (Å²) in [5.41, 5.74) is 1.76. The lowest BCUT2D eigenvalue weighted by Crippen LogP contribution is -2.29. The monoisotopic (exact) mass is 457 g/mol. The first-order valence-corrected chi connectivity index (χ1v) is 10.7. The minimum absolute atomic E-state index is 0.0177. The number of anilines is 1. The third-order valence-corrected chi connectivity index (χ3v) is 5.58. The molecule has 0 saturated carbocycles. The first-order chi connectivity index (χ1) is 16.5. The summed E-state index contributed by atoms with van der Waals surface area (Å²) in [5, 5.41) is 11.1. The van der Waals surface area contributed by atoms with E-state index in [9.17, 15) is 19.5 Å². The molecule has 1 unspecified atom stereocenters. The number of ether oxygens (including phenoxy) is 2. The van der Waals surface area contributed by atoms with E-state index in [1.54, 1.807) is 80.8 Å². The fraction of sp³-hybridized carbons (Fsp3) is 0.148. The predicted octanol–water partition coefficient (Wildman–Crippen LogP) is 4.50. The Bertz CT molecular complexity index is 1250. The van der Waals surface area contributed by atoms with Crippen LogP contribution in [0.5, 0.6) is 5.75 Å². The maximum atomic E-state index is 13.2. The maximum absolute atomic E-state index is 13.2. The Morgan fingerprint density at radius 1 is 0.912 bits per heavy atom. The molecule has 7 nitrogen and oxygen atoms in total. The summed E-state index contributed by atoms with van der Waals surface area (Å²) in [6.45, 7) is 1.96. The number of Topliss-reactive ketones (excluding diaryl/α,β-unsaturated/α-hetero) is 1. The third kappa shape index (κ3) is 4.15. The van der Waals surface area contributed by atoms with Crippen molar-refractivity contribution in [1.82, 2.24) is 0 Å². The van der Waals surface area contributed by atoms with Crippen LogP contribution in [0, 0.1) is 0 Å². The molecular formula is C27H23NO6. The molecule has 1 heterocycles. The topological polar surface area (TPSA) is 93.1 Å². The second-order valence-electron chi connectivity index (χ2n) is 7.58. The van der Waals surface area contributed by atoms with Gasteiger partial charge in [-0.1, -0.05) is 42.5 Å². The van der Waals surface area contributed by atoms with Crippen molar-refractivity contribution < 1.29 is 29.0 Å². The molecule has 1 aliphatic heterocycles. The highest BCUT2D eigenvalue weighted by Gasteiger charge is 2.47. The highest BCUT2D eigenvalue weighted by atomic mass is 16.5. The number of ketones is 1. The number of nitrogens with zero attached hydrogens (tertiary/aromatic N) is 1. The number of methoxy groups -OCH3 is 1. The largest absolute Gasteiger partial charge is 0.507 e. The van der Waals surface area contributed by atoms with Crippen LogP contribution in [-0.2, 0) is 14.3 Å². The van der Waals surface area contributed by atoms with E-state index >= 15 is 0 Å². The number of hydrogen-bond acceptors (Lipinski definition) is 6. The fourth-order valence-electron chi connectivity index (χ4n) is 3.92. The smallest absolute Gasteiger partial charge is 0.338 e. The summed E-state index contributed by atoms with van der Waals surface area (Å²) in [5.74, 6) is -1.70. The number of carbonyl (C=O) groups is 3. The number of esters is 1. The third-order valence-electron chi connectivity index (χ3n) is 5.58. The number of benzene rings is 3. The molecule has 0 aromatic heterocycles. The first kappa shape index (κ1) is 22.8. The van der Waals surface area contributed by atoms with Gasteiger partial charge >= 0.3 is 5.97 Å². The summed E-state index contributed by atoms with van der Waals surface area (Å²) in [7, 11) is 1.54. The highest BCUT2D eigenvalue weighted by molar-refractivity contribution is 6.51. The van der Waals surface area contributed by atoms with Gasteiger partial charge in [0.1, 0.15) is 11.5 Å². The van der Waals surface area contributed by atoms with E-state index < -0.39 is 23.7 Å². The Balaban J connectivity index is 1.85. The molecule has 34 heavy (non-hydrogen) atoms. The number of carbonyl (C=O) groups excluding carboxylic acids is 3. The molecule has 1 amide bonds. The standard InChI is InChI=1S/C27H23NO6/c1-3-34-27(32)19-9-13-20(14-10-19)28-23(17-11-15-21(33-2)16-12-17)22(25(30)26(28)31)24(29)18-7-5-4-6-8-18/h4-16,23,29H,3H2,1-2H3/b24-22+. The normalized spacial score (nSPS) is 17.0. The van der Waals surface area contributed by atoms with Gasteiger partial charge in [-0.05, 0) is 48.9 Å². The Kier molecular flexibility index (Phi) is 6.45. The van der Waals surface area contributed by atoms with Crippen LogP contribution < -0.4 is 9.64 Å². The molecule has 1 N–H and O–H groups in total. The molecule has 7 heteroatoms. The number of rotatable bonds is 6. The van der Waals surface area contributed by atoms with Crippen LogP contribution >= 0.6 is 0 Å². The average molecular weight is 457 g/mol. The summed E-state index contributed by atoms with van der Waals surface area (Å²) in [6.07, 6.45) is 0. The first-order valence-electron chi connectivity index (χ1n) is 10.7. The lowest BCUT2D eigenvalue weighted by Gasteiger charge is -2.25.